The summed E-state index contributed by atoms with van der Waals surface area (Å²) in [4.78, 5) is 16.8. The lowest BCUT2D eigenvalue weighted by atomic mass is 10.2. The third-order valence-corrected chi connectivity index (χ3v) is 5.52. The SMILES string of the molecule is Cc1nn(C(C)C)c2cnn(CCC(=O)N3CCN(c4ccc(F)cc4)CC3)c12. The molecular formula is C21H27FN6O. The minimum Gasteiger partial charge on any atom is -0.368 e. The van der Waals surface area contributed by atoms with Crippen LogP contribution in [0.1, 0.15) is 32.0 Å². The van der Waals surface area contributed by atoms with Crippen LogP contribution in [0.4, 0.5) is 10.1 Å². The Kier molecular flexibility index (Phi) is 5.25. The molecule has 0 N–H and O–H groups in total. The van der Waals surface area contributed by atoms with Crippen molar-refractivity contribution < 1.29 is 9.18 Å². The third-order valence-electron chi connectivity index (χ3n) is 5.52. The monoisotopic (exact) mass is 398 g/mol. The van der Waals surface area contributed by atoms with Crippen molar-refractivity contribution in [3.05, 3.63) is 42.0 Å². The molecule has 3 heterocycles. The van der Waals surface area contributed by atoms with Crippen LogP contribution in [-0.2, 0) is 11.3 Å². The van der Waals surface area contributed by atoms with E-state index in [4.69, 9.17) is 0 Å². The molecule has 0 saturated carbocycles. The molecule has 1 amide bonds. The lowest BCUT2D eigenvalue weighted by Crippen LogP contribution is -2.49. The molecule has 2 aromatic heterocycles. The van der Waals surface area contributed by atoms with Gasteiger partial charge in [0.25, 0.3) is 0 Å². The fourth-order valence-electron chi connectivity index (χ4n) is 3.97. The van der Waals surface area contributed by atoms with Gasteiger partial charge in [-0.15, -0.1) is 0 Å². The maximum Gasteiger partial charge on any atom is 0.224 e. The summed E-state index contributed by atoms with van der Waals surface area (Å²) in [5.74, 6) is -0.0919. The second-order valence-corrected chi connectivity index (χ2v) is 7.82. The van der Waals surface area contributed by atoms with Crippen LogP contribution in [0.2, 0.25) is 0 Å². The van der Waals surface area contributed by atoms with E-state index in [1.165, 1.54) is 12.1 Å². The lowest BCUT2D eigenvalue weighted by Gasteiger charge is -2.36. The van der Waals surface area contributed by atoms with Crippen LogP contribution in [0, 0.1) is 12.7 Å². The Hall–Kier alpha value is -2.90. The van der Waals surface area contributed by atoms with Crippen molar-refractivity contribution in [3.8, 4) is 0 Å². The molecule has 1 aliphatic heterocycles. The quantitative estimate of drug-likeness (QED) is 0.663. The Morgan fingerprint density at radius 3 is 2.48 bits per heavy atom. The molecule has 1 fully saturated rings. The molecule has 8 heteroatoms. The van der Waals surface area contributed by atoms with Gasteiger partial charge in [-0.05, 0) is 45.0 Å². The van der Waals surface area contributed by atoms with Gasteiger partial charge in [0.2, 0.25) is 5.91 Å². The van der Waals surface area contributed by atoms with Gasteiger partial charge in [0.05, 0.1) is 18.4 Å². The van der Waals surface area contributed by atoms with E-state index in [1.807, 2.05) is 27.4 Å². The Balaban J connectivity index is 1.35. The zero-order valence-electron chi connectivity index (χ0n) is 17.2. The van der Waals surface area contributed by atoms with Gasteiger partial charge in [0.1, 0.15) is 16.9 Å². The molecule has 0 unspecified atom stereocenters. The van der Waals surface area contributed by atoms with Crippen LogP contribution in [0.25, 0.3) is 11.0 Å². The Bertz CT molecular complexity index is 998. The fraction of sp³-hybridized carbons (Fsp3) is 0.476. The first-order valence-corrected chi connectivity index (χ1v) is 10.1. The molecule has 0 spiro atoms. The van der Waals surface area contributed by atoms with E-state index < -0.39 is 0 Å². The molecule has 3 aromatic rings. The molecule has 0 aliphatic carbocycles. The first kappa shape index (κ1) is 19.4. The summed E-state index contributed by atoms with van der Waals surface area (Å²) in [6.45, 7) is 9.58. The highest BCUT2D eigenvalue weighted by Crippen LogP contribution is 2.22. The molecule has 0 bridgehead atoms. The standard InChI is InChI=1S/C21H27FN6O/c1-15(2)28-19-14-23-27(21(19)16(3)24-28)9-8-20(29)26-12-10-25(11-13-26)18-6-4-17(22)5-7-18/h4-7,14-15H,8-13H2,1-3H3. The maximum atomic E-state index is 13.1. The predicted molar refractivity (Wildman–Crippen MR) is 110 cm³/mol. The van der Waals surface area contributed by atoms with Gasteiger partial charge in [-0.3, -0.25) is 14.2 Å². The first-order valence-electron chi connectivity index (χ1n) is 10.1. The molecule has 4 rings (SSSR count). The number of nitrogens with zero attached hydrogens (tertiary/aromatic N) is 6. The van der Waals surface area contributed by atoms with E-state index in [2.05, 4.69) is 28.9 Å². The van der Waals surface area contributed by atoms with Gasteiger partial charge in [0, 0.05) is 44.3 Å². The number of rotatable bonds is 5. The number of halogens is 1. The topological polar surface area (TPSA) is 59.2 Å². The molecule has 0 atom stereocenters. The number of aryl methyl sites for hydroxylation is 2. The van der Waals surface area contributed by atoms with E-state index in [1.54, 1.807) is 12.1 Å². The van der Waals surface area contributed by atoms with Crippen LogP contribution in [-0.4, -0.2) is 56.5 Å². The van der Waals surface area contributed by atoms with E-state index >= 15 is 0 Å². The summed E-state index contributed by atoms with van der Waals surface area (Å²) in [5, 5.41) is 9.08. The molecule has 29 heavy (non-hydrogen) atoms. The number of carbonyl (C=O) groups excluding carboxylic acids is 1. The second-order valence-electron chi connectivity index (χ2n) is 7.82. The minimum atomic E-state index is -0.232. The zero-order chi connectivity index (χ0) is 20.5. The van der Waals surface area contributed by atoms with Crippen molar-refractivity contribution >= 4 is 22.6 Å². The van der Waals surface area contributed by atoms with Crippen molar-refractivity contribution in [2.24, 2.45) is 0 Å². The number of hydrogen-bond donors (Lipinski definition) is 0. The fourth-order valence-corrected chi connectivity index (χ4v) is 3.97. The zero-order valence-corrected chi connectivity index (χ0v) is 17.2. The normalized spacial score (nSPS) is 14.9. The highest BCUT2D eigenvalue weighted by Gasteiger charge is 2.22. The molecule has 7 nitrogen and oxygen atoms in total. The number of fused-ring (bicyclic) bond motifs is 1. The smallest absolute Gasteiger partial charge is 0.224 e. The average Bonchev–Trinajstić information content (AvgIpc) is 3.28. The van der Waals surface area contributed by atoms with Gasteiger partial charge in [-0.1, -0.05) is 0 Å². The predicted octanol–water partition coefficient (Wildman–Crippen LogP) is 3.00. The molecule has 0 radical (unpaired) electrons. The van der Waals surface area contributed by atoms with Gasteiger partial charge < -0.3 is 9.80 Å². The number of aromatic nitrogens is 4. The van der Waals surface area contributed by atoms with Crippen molar-refractivity contribution in [2.45, 2.75) is 39.8 Å². The van der Waals surface area contributed by atoms with Crippen molar-refractivity contribution in [1.82, 2.24) is 24.5 Å². The van der Waals surface area contributed by atoms with E-state index in [0.29, 0.717) is 26.1 Å². The number of carbonyl (C=O) groups is 1. The van der Waals surface area contributed by atoms with Gasteiger partial charge in [-0.25, -0.2) is 4.39 Å². The number of benzene rings is 1. The first-order chi connectivity index (χ1) is 13.9. The third kappa shape index (κ3) is 3.83. The Morgan fingerprint density at radius 2 is 1.83 bits per heavy atom. The summed E-state index contributed by atoms with van der Waals surface area (Å²) >= 11 is 0. The van der Waals surface area contributed by atoms with Gasteiger partial charge >= 0.3 is 0 Å². The van der Waals surface area contributed by atoms with Crippen LogP contribution in [0.15, 0.2) is 30.5 Å². The summed E-state index contributed by atoms with van der Waals surface area (Å²) < 4.78 is 17.0. The Morgan fingerprint density at radius 1 is 1.14 bits per heavy atom. The Labute approximate surface area is 169 Å². The summed E-state index contributed by atoms with van der Waals surface area (Å²) in [7, 11) is 0. The van der Waals surface area contributed by atoms with Crippen LogP contribution >= 0.6 is 0 Å². The molecule has 1 aliphatic rings. The van der Waals surface area contributed by atoms with Crippen LogP contribution < -0.4 is 4.90 Å². The van der Waals surface area contributed by atoms with Gasteiger partial charge in [0.15, 0.2) is 0 Å². The summed E-state index contributed by atoms with van der Waals surface area (Å²) in [6, 6.07) is 6.79. The number of hydrogen-bond acceptors (Lipinski definition) is 4. The van der Waals surface area contributed by atoms with E-state index in [0.717, 1.165) is 35.5 Å². The maximum absolute atomic E-state index is 13.1. The van der Waals surface area contributed by atoms with E-state index in [-0.39, 0.29) is 17.8 Å². The molecule has 154 valence electrons. The van der Waals surface area contributed by atoms with Gasteiger partial charge in [-0.2, -0.15) is 10.2 Å². The molecule has 1 aromatic carbocycles. The van der Waals surface area contributed by atoms with E-state index in [9.17, 15) is 9.18 Å². The van der Waals surface area contributed by atoms with Crippen LogP contribution in [0.3, 0.4) is 0 Å². The molecule has 1 saturated heterocycles. The highest BCUT2D eigenvalue weighted by atomic mass is 19.1. The summed E-state index contributed by atoms with van der Waals surface area (Å²) in [5.41, 5.74) is 3.95. The number of piperazine rings is 1. The van der Waals surface area contributed by atoms with Crippen LogP contribution in [0.5, 0.6) is 0 Å². The largest absolute Gasteiger partial charge is 0.368 e. The van der Waals surface area contributed by atoms with Crippen molar-refractivity contribution in [1.29, 1.82) is 0 Å². The van der Waals surface area contributed by atoms with Crippen molar-refractivity contribution in [3.63, 3.8) is 0 Å². The minimum absolute atomic E-state index is 0.140. The molecular weight excluding hydrogens is 371 g/mol. The van der Waals surface area contributed by atoms with Crippen molar-refractivity contribution in [2.75, 3.05) is 31.1 Å². The number of anilines is 1. The summed E-state index contributed by atoms with van der Waals surface area (Å²) in [6.07, 6.45) is 2.25. The second kappa shape index (κ2) is 7.85. The number of amides is 1. The average molecular weight is 398 g/mol. The highest BCUT2D eigenvalue weighted by molar-refractivity contribution is 5.79. The lowest BCUT2D eigenvalue weighted by molar-refractivity contribution is -0.131.